The van der Waals surface area contributed by atoms with Gasteiger partial charge in [-0.25, -0.2) is 4.79 Å². The molecule has 1 aliphatic heterocycles. The number of amides is 1. The molecule has 7 nitrogen and oxygen atoms in total. The first-order valence-corrected chi connectivity index (χ1v) is 11.2. The first-order chi connectivity index (χ1) is 13.9. The van der Waals surface area contributed by atoms with E-state index in [2.05, 4.69) is 12.2 Å². The monoisotopic (exact) mass is 422 g/mol. The van der Waals surface area contributed by atoms with Crippen molar-refractivity contribution in [1.29, 1.82) is 0 Å². The number of carbonyl (C=O) groups is 3. The largest absolute Gasteiger partial charge is 0.466 e. The van der Waals surface area contributed by atoms with E-state index in [1.807, 2.05) is 11.8 Å². The fourth-order valence-corrected chi connectivity index (χ4v) is 5.53. The normalized spacial score (nSPS) is 20.0. The third kappa shape index (κ3) is 5.17. The highest BCUT2D eigenvalue weighted by molar-refractivity contribution is 7.17. The van der Waals surface area contributed by atoms with E-state index in [-0.39, 0.29) is 30.3 Å². The predicted octanol–water partition coefficient (Wildman–Crippen LogP) is 2.87. The number of esters is 2. The molecule has 1 fully saturated rings. The molecule has 8 heteroatoms. The molecule has 1 amide bonds. The molecule has 2 heterocycles. The van der Waals surface area contributed by atoms with E-state index < -0.39 is 0 Å². The summed E-state index contributed by atoms with van der Waals surface area (Å²) >= 11 is 1.50. The van der Waals surface area contributed by atoms with Crippen LogP contribution in [0.3, 0.4) is 0 Å². The van der Waals surface area contributed by atoms with Gasteiger partial charge in [-0.3, -0.25) is 14.5 Å². The smallest absolute Gasteiger partial charge is 0.341 e. The maximum atomic E-state index is 12.6. The fourth-order valence-electron chi connectivity index (χ4n) is 4.11. The van der Waals surface area contributed by atoms with Gasteiger partial charge < -0.3 is 14.8 Å². The second kappa shape index (κ2) is 9.71. The lowest BCUT2D eigenvalue weighted by molar-refractivity contribution is -0.149. The van der Waals surface area contributed by atoms with E-state index in [1.165, 1.54) is 23.3 Å². The second-order valence-corrected chi connectivity index (χ2v) is 9.00. The summed E-state index contributed by atoms with van der Waals surface area (Å²) in [6.45, 7) is 6.02. The van der Waals surface area contributed by atoms with Crippen LogP contribution in [0, 0.1) is 11.8 Å². The molecular weight excluding hydrogens is 392 g/mol. The maximum absolute atomic E-state index is 12.6. The Bertz CT molecular complexity index is 767. The number of methoxy groups -OCH3 is 1. The molecule has 0 bridgehead atoms. The van der Waals surface area contributed by atoms with E-state index in [9.17, 15) is 14.4 Å². The highest BCUT2D eigenvalue weighted by Crippen LogP contribution is 2.40. The third-order valence-electron chi connectivity index (χ3n) is 5.73. The van der Waals surface area contributed by atoms with Gasteiger partial charge in [0.2, 0.25) is 5.91 Å². The first kappa shape index (κ1) is 21.8. The van der Waals surface area contributed by atoms with E-state index in [4.69, 9.17) is 9.47 Å². The number of piperidine rings is 1. The van der Waals surface area contributed by atoms with Crippen LogP contribution in [-0.4, -0.2) is 56.1 Å². The van der Waals surface area contributed by atoms with Crippen molar-refractivity contribution in [2.24, 2.45) is 11.8 Å². The number of thiophene rings is 1. The summed E-state index contributed by atoms with van der Waals surface area (Å²) in [5.41, 5.74) is 1.55. The van der Waals surface area contributed by atoms with Crippen molar-refractivity contribution in [1.82, 2.24) is 4.90 Å². The van der Waals surface area contributed by atoms with E-state index >= 15 is 0 Å². The quantitative estimate of drug-likeness (QED) is 0.710. The van der Waals surface area contributed by atoms with Gasteiger partial charge in [-0.2, -0.15) is 0 Å². The molecule has 0 aromatic carbocycles. The number of hydrogen-bond acceptors (Lipinski definition) is 7. The van der Waals surface area contributed by atoms with Gasteiger partial charge >= 0.3 is 11.9 Å². The number of hydrogen-bond donors (Lipinski definition) is 1. The minimum absolute atomic E-state index is 0.0776. The summed E-state index contributed by atoms with van der Waals surface area (Å²) < 4.78 is 10.1. The zero-order chi connectivity index (χ0) is 21.0. The number of ether oxygens (including phenoxy) is 2. The summed E-state index contributed by atoms with van der Waals surface area (Å²) in [6, 6.07) is 0. The van der Waals surface area contributed by atoms with Gasteiger partial charge in [0.1, 0.15) is 5.00 Å². The molecule has 3 rings (SSSR count). The van der Waals surface area contributed by atoms with Crippen molar-refractivity contribution < 1.29 is 23.9 Å². The van der Waals surface area contributed by atoms with Crippen molar-refractivity contribution in [3.8, 4) is 0 Å². The second-order valence-electron chi connectivity index (χ2n) is 7.90. The number of fused-ring (bicyclic) bond motifs is 1. The molecule has 1 saturated heterocycles. The SMILES string of the molecule is CCOC(=O)C1CCN(CC(=O)Nc2sc3c(c2C(=O)OC)CC[C@H](C)C3)CC1. The number of likely N-dealkylation sites (tertiary alicyclic amines) is 1. The van der Waals surface area contributed by atoms with Crippen molar-refractivity contribution in [2.45, 2.75) is 46.0 Å². The Balaban J connectivity index is 1.61. The van der Waals surface area contributed by atoms with Crippen LogP contribution in [0.1, 0.15) is 53.9 Å². The Labute approximate surface area is 175 Å². The Morgan fingerprint density at radius 2 is 1.93 bits per heavy atom. The Morgan fingerprint density at radius 1 is 1.21 bits per heavy atom. The van der Waals surface area contributed by atoms with Crippen molar-refractivity contribution >= 4 is 34.2 Å². The molecule has 0 unspecified atom stereocenters. The minimum Gasteiger partial charge on any atom is -0.466 e. The van der Waals surface area contributed by atoms with E-state index in [1.54, 1.807) is 0 Å². The highest BCUT2D eigenvalue weighted by Gasteiger charge is 2.30. The van der Waals surface area contributed by atoms with E-state index in [0.29, 0.717) is 49.0 Å². The van der Waals surface area contributed by atoms with Crippen molar-refractivity contribution in [2.75, 3.05) is 38.7 Å². The summed E-state index contributed by atoms with van der Waals surface area (Å²) in [4.78, 5) is 40.1. The Morgan fingerprint density at radius 3 is 2.59 bits per heavy atom. The molecule has 1 atom stereocenters. The number of carbonyl (C=O) groups excluding carboxylic acids is 3. The molecule has 0 spiro atoms. The molecule has 1 N–H and O–H groups in total. The topological polar surface area (TPSA) is 84.9 Å². The lowest BCUT2D eigenvalue weighted by atomic mass is 9.88. The van der Waals surface area contributed by atoms with Crippen LogP contribution in [0.25, 0.3) is 0 Å². The zero-order valence-corrected chi connectivity index (χ0v) is 18.2. The van der Waals surface area contributed by atoms with Crippen LogP contribution in [0.5, 0.6) is 0 Å². The number of nitrogens with zero attached hydrogens (tertiary/aromatic N) is 1. The van der Waals surface area contributed by atoms with Crippen molar-refractivity contribution in [3.05, 3.63) is 16.0 Å². The van der Waals surface area contributed by atoms with Gasteiger partial charge in [0, 0.05) is 4.88 Å². The molecule has 160 valence electrons. The number of rotatable bonds is 6. The molecule has 0 radical (unpaired) electrons. The van der Waals surface area contributed by atoms with Gasteiger partial charge in [0.05, 0.1) is 31.7 Å². The van der Waals surface area contributed by atoms with Gasteiger partial charge in [0.15, 0.2) is 0 Å². The van der Waals surface area contributed by atoms with Gasteiger partial charge in [0.25, 0.3) is 0 Å². The third-order valence-corrected chi connectivity index (χ3v) is 6.90. The Hall–Kier alpha value is -1.93. The van der Waals surface area contributed by atoms with Crippen LogP contribution >= 0.6 is 11.3 Å². The molecule has 1 aromatic rings. The summed E-state index contributed by atoms with van der Waals surface area (Å²) in [5, 5.41) is 3.54. The number of nitrogens with one attached hydrogen (secondary N) is 1. The van der Waals surface area contributed by atoms with Crippen LogP contribution in [0.4, 0.5) is 5.00 Å². The van der Waals surface area contributed by atoms with Gasteiger partial charge in [-0.15, -0.1) is 11.3 Å². The van der Waals surface area contributed by atoms with Crippen LogP contribution in [0.15, 0.2) is 0 Å². The van der Waals surface area contributed by atoms with Gasteiger partial charge in [-0.05, 0) is 63.6 Å². The van der Waals surface area contributed by atoms with Crippen LogP contribution in [0.2, 0.25) is 0 Å². The van der Waals surface area contributed by atoms with Crippen LogP contribution < -0.4 is 5.32 Å². The average Bonchev–Trinajstić information content (AvgIpc) is 3.04. The van der Waals surface area contributed by atoms with E-state index in [0.717, 1.165) is 24.8 Å². The summed E-state index contributed by atoms with van der Waals surface area (Å²) in [7, 11) is 1.37. The maximum Gasteiger partial charge on any atom is 0.341 e. The molecule has 1 aliphatic carbocycles. The minimum atomic E-state index is -0.386. The molecule has 1 aromatic heterocycles. The Kier molecular flexibility index (Phi) is 7.29. The lowest BCUT2D eigenvalue weighted by Gasteiger charge is -2.30. The zero-order valence-electron chi connectivity index (χ0n) is 17.4. The first-order valence-electron chi connectivity index (χ1n) is 10.3. The predicted molar refractivity (Wildman–Crippen MR) is 111 cm³/mol. The highest BCUT2D eigenvalue weighted by atomic mass is 32.1. The standard InChI is InChI=1S/C21H30N2O5S/c1-4-28-20(25)14-7-9-23(10-8-14)12-17(24)22-19-18(21(26)27-3)15-6-5-13(2)11-16(15)29-19/h13-14H,4-12H2,1-3H3,(H,22,24)/t13-/m0/s1. The fraction of sp³-hybridized carbons (Fsp3) is 0.667. The van der Waals surface area contributed by atoms with Crippen molar-refractivity contribution in [3.63, 3.8) is 0 Å². The molecule has 29 heavy (non-hydrogen) atoms. The average molecular weight is 423 g/mol. The van der Waals surface area contributed by atoms with Crippen LogP contribution in [-0.2, 0) is 31.9 Å². The molecular formula is C21H30N2O5S. The summed E-state index contributed by atoms with van der Waals surface area (Å²) in [6.07, 6.45) is 4.21. The lowest BCUT2D eigenvalue weighted by Crippen LogP contribution is -2.41. The van der Waals surface area contributed by atoms with Gasteiger partial charge in [-0.1, -0.05) is 6.92 Å². The molecule has 0 saturated carbocycles. The number of anilines is 1. The molecule has 2 aliphatic rings. The summed E-state index contributed by atoms with van der Waals surface area (Å²) in [5.74, 6) is -0.168.